The molecule has 12 nitrogen and oxygen atoms in total. The standard InChI is InChI=1S/C31H33ClN6O6/c1-7-43-24(39)15-18-11-13-19(14-12-18)33-28-34-26-25(35(28)5)27(40)37(29(41)36(26)6)17-20-16-21-22(32)9-8-10-23(21)38(20)30(42)44-31(2,3)4/h8-14,16H,7,15,17H2,1-6H3,(H,33,34). The van der Waals surface area contributed by atoms with Crippen LogP contribution in [0.4, 0.5) is 16.4 Å². The Kier molecular flexibility index (Phi) is 8.13. The molecule has 0 aliphatic heterocycles. The number of imidazole rings is 1. The molecule has 0 unspecified atom stereocenters. The van der Waals surface area contributed by atoms with E-state index in [1.54, 1.807) is 87.8 Å². The van der Waals surface area contributed by atoms with Crippen LogP contribution in [0.3, 0.4) is 0 Å². The zero-order valence-corrected chi connectivity index (χ0v) is 26.1. The van der Waals surface area contributed by atoms with E-state index in [1.165, 1.54) is 16.2 Å². The quantitative estimate of drug-likeness (QED) is 0.259. The van der Waals surface area contributed by atoms with Gasteiger partial charge in [-0.3, -0.25) is 18.7 Å². The monoisotopic (exact) mass is 620 g/mol. The fraction of sp³-hybridized carbons (Fsp3) is 0.323. The number of aromatic nitrogens is 5. The van der Waals surface area contributed by atoms with E-state index in [1.807, 2.05) is 0 Å². The molecule has 0 aliphatic carbocycles. The minimum atomic E-state index is -0.783. The smallest absolute Gasteiger partial charge is 0.419 e. The Morgan fingerprint density at radius 2 is 1.73 bits per heavy atom. The molecule has 0 bridgehead atoms. The average molecular weight is 621 g/mol. The third kappa shape index (κ3) is 5.85. The second kappa shape index (κ2) is 11.7. The van der Waals surface area contributed by atoms with E-state index < -0.39 is 22.9 Å². The number of anilines is 2. The maximum absolute atomic E-state index is 13.9. The Hall–Kier alpha value is -4.84. The van der Waals surface area contributed by atoms with Crippen LogP contribution in [0, 0.1) is 0 Å². The van der Waals surface area contributed by atoms with Gasteiger partial charge in [0.1, 0.15) is 5.60 Å². The van der Waals surface area contributed by atoms with Crippen LogP contribution in [0.2, 0.25) is 5.02 Å². The lowest BCUT2D eigenvalue weighted by Crippen LogP contribution is -2.40. The Morgan fingerprint density at radius 3 is 2.39 bits per heavy atom. The summed E-state index contributed by atoms with van der Waals surface area (Å²) < 4.78 is 15.9. The number of fused-ring (bicyclic) bond motifs is 2. The zero-order chi connectivity index (χ0) is 31.9. The van der Waals surface area contributed by atoms with Gasteiger partial charge in [0.25, 0.3) is 5.56 Å². The molecule has 13 heteroatoms. The van der Waals surface area contributed by atoms with Gasteiger partial charge in [-0.2, -0.15) is 4.98 Å². The molecule has 0 atom stereocenters. The van der Waals surface area contributed by atoms with Crippen LogP contribution in [0.5, 0.6) is 0 Å². The predicted molar refractivity (Wildman–Crippen MR) is 168 cm³/mol. The van der Waals surface area contributed by atoms with E-state index >= 15 is 0 Å². The van der Waals surface area contributed by atoms with Crippen LogP contribution < -0.4 is 16.6 Å². The highest BCUT2D eigenvalue weighted by Gasteiger charge is 2.25. The van der Waals surface area contributed by atoms with Crippen LogP contribution in [-0.2, 0) is 41.3 Å². The van der Waals surface area contributed by atoms with Crippen LogP contribution >= 0.6 is 11.6 Å². The summed E-state index contributed by atoms with van der Waals surface area (Å²) in [6.45, 7) is 7.11. The van der Waals surface area contributed by atoms with Gasteiger partial charge in [0.05, 0.1) is 30.8 Å². The van der Waals surface area contributed by atoms with Crippen molar-refractivity contribution >= 4 is 57.4 Å². The minimum absolute atomic E-state index is 0.154. The van der Waals surface area contributed by atoms with Crippen LogP contribution in [0.1, 0.15) is 39.0 Å². The molecule has 0 aliphatic rings. The highest BCUT2D eigenvalue weighted by molar-refractivity contribution is 6.35. The number of halogens is 1. The van der Waals surface area contributed by atoms with Crippen LogP contribution in [-0.4, -0.2) is 47.5 Å². The lowest BCUT2D eigenvalue weighted by atomic mass is 10.1. The maximum Gasteiger partial charge on any atom is 0.419 e. The van der Waals surface area contributed by atoms with Crippen molar-refractivity contribution in [3.63, 3.8) is 0 Å². The fourth-order valence-corrected chi connectivity index (χ4v) is 5.18. The molecule has 0 amide bonds. The summed E-state index contributed by atoms with van der Waals surface area (Å²) in [5.74, 6) is 0.0213. The molecule has 2 aromatic carbocycles. The molecule has 0 spiro atoms. The molecular formula is C31H33ClN6O6. The molecule has 5 rings (SSSR count). The van der Waals surface area contributed by atoms with Gasteiger partial charge in [-0.15, -0.1) is 0 Å². The largest absolute Gasteiger partial charge is 0.466 e. The van der Waals surface area contributed by atoms with Gasteiger partial charge in [-0.25, -0.2) is 14.2 Å². The molecule has 0 radical (unpaired) electrons. The Morgan fingerprint density at radius 1 is 1.02 bits per heavy atom. The van der Waals surface area contributed by atoms with Gasteiger partial charge in [-0.05, 0) is 63.6 Å². The Labute approximate surface area is 257 Å². The number of carbonyl (C=O) groups excluding carboxylic acids is 2. The van der Waals surface area contributed by atoms with E-state index in [0.717, 1.165) is 10.1 Å². The summed E-state index contributed by atoms with van der Waals surface area (Å²) >= 11 is 6.44. The summed E-state index contributed by atoms with van der Waals surface area (Å²) in [5, 5.41) is 4.17. The molecule has 0 saturated heterocycles. The summed E-state index contributed by atoms with van der Waals surface area (Å²) in [5.41, 5.74) is 0.703. The molecule has 3 aromatic heterocycles. The summed E-state index contributed by atoms with van der Waals surface area (Å²) in [7, 11) is 3.20. The van der Waals surface area contributed by atoms with E-state index in [-0.39, 0.29) is 30.1 Å². The first-order valence-electron chi connectivity index (χ1n) is 14.0. The van der Waals surface area contributed by atoms with Crippen LogP contribution in [0.25, 0.3) is 22.1 Å². The van der Waals surface area contributed by atoms with Gasteiger partial charge >= 0.3 is 17.8 Å². The van der Waals surface area contributed by atoms with Crippen molar-refractivity contribution in [2.75, 3.05) is 11.9 Å². The molecule has 5 aromatic rings. The Balaban J connectivity index is 1.54. The number of rotatable bonds is 7. The Bertz CT molecular complexity index is 2030. The fourth-order valence-electron chi connectivity index (χ4n) is 4.96. The molecular weight excluding hydrogens is 588 g/mol. The van der Waals surface area contributed by atoms with Gasteiger partial charge < -0.3 is 19.4 Å². The number of ether oxygens (including phenoxy) is 2. The summed E-state index contributed by atoms with van der Waals surface area (Å²) in [4.78, 5) is 57.0. The van der Waals surface area contributed by atoms with E-state index in [4.69, 9.17) is 21.1 Å². The normalized spacial score (nSPS) is 11.7. The summed E-state index contributed by atoms with van der Waals surface area (Å²) in [6.07, 6.45) is -0.503. The highest BCUT2D eigenvalue weighted by Crippen LogP contribution is 2.28. The second-order valence-corrected chi connectivity index (χ2v) is 11.7. The molecule has 44 heavy (non-hydrogen) atoms. The molecule has 3 heterocycles. The lowest BCUT2D eigenvalue weighted by Gasteiger charge is -2.21. The number of benzene rings is 2. The predicted octanol–water partition coefficient (Wildman–Crippen LogP) is 4.72. The number of esters is 1. The first kappa shape index (κ1) is 30.6. The number of aryl methyl sites for hydroxylation is 2. The highest BCUT2D eigenvalue weighted by atomic mass is 35.5. The number of hydrogen-bond donors (Lipinski definition) is 1. The van der Waals surface area contributed by atoms with Gasteiger partial charge in [-0.1, -0.05) is 29.8 Å². The maximum atomic E-state index is 13.9. The molecule has 0 saturated carbocycles. The first-order valence-corrected chi connectivity index (χ1v) is 14.4. The number of hydrogen-bond acceptors (Lipinski definition) is 8. The SMILES string of the molecule is CCOC(=O)Cc1ccc(Nc2nc3c(c(=O)n(Cc4cc5c(Cl)cccc5n4C(=O)OC(C)(C)C)c(=O)n3C)n2C)cc1. The van der Waals surface area contributed by atoms with Crippen molar-refractivity contribution in [3.05, 3.63) is 85.6 Å². The number of nitrogens with one attached hydrogen (secondary N) is 1. The number of carbonyl (C=O) groups is 2. The third-order valence-electron chi connectivity index (χ3n) is 6.99. The minimum Gasteiger partial charge on any atom is -0.466 e. The topological polar surface area (TPSA) is 131 Å². The lowest BCUT2D eigenvalue weighted by molar-refractivity contribution is -0.142. The summed E-state index contributed by atoms with van der Waals surface area (Å²) in [6, 6.07) is 14.0. The molecule has 230 valence electrons. The van der Waals surface area contributed by atoms with Gasteiger partial charge in [0.15, 0.2) is 11.2 Å². The van der Waals surface area contributed by atoms with Gasteiger partial charge in [0, 0.05) is 30.2 Å². The number of nitrogens with zero attached hydrogens (tertiary/aromatic N) is 5. The van der Waals surface area contributed by atoms with Crippen molar-refractivity contribution in [2.24, 2.45) is 14.1 Å². The van der Waals surface area contributed by atoms with Crippen molar-refractivity contribution in [2.45, 2.75) is 46.3 Å². The zero-order valence-electron chi connectivity index (χ0n) is 25.3. The van der Waals surface area contributed by atoms with Crippen LogP contribution in [0.15, 0.2) is 58.1 Å². The van der Waals surface area contributed by atoms with Gasteiger partial charge in [0.2, 0.25) is 5.95 Å². The van der Waals surface area contributed by atoms with E-state index in [0.29, 0.717) is 39.9 Å². The van der Waals surface area contributed by atoms with Crippen molar-refractivity contribution in [1.82, 2.24) is 23.3 Å². The molecule has 0 fully saturated rings. The third-order valence-corrected chi connectivity index (χ3v) is 7.32. The second-order valence-electron chi connectivity index (χ2n) is 11.3. The van der Waals surface area contributed by atoms with E-state index in [9.17, 15) is 19.2 Å². The van der Waals surface area contributed by atoms with E-state index in [2.05, 4.69) is 10.3 Å². The molecule has 1 N–H and O–H groups in total. The van der Waals surface area contributed by atoms with Crippen molar-refractivity contribution in [3.8, 4) is 0 Å². The first-order chi connectivity index (χ1) is 20.8. The van der Waals surface area contributed by atoms with Crippen molar-refractivity contribution in [1.29, 1.82) is 0 Å². The van der Waals surface area contributed by atoms with Crippen molar-refractivity contribution < 1.29 is 19.1 Å². The average Bonchev–Trinajstić information content (AvgIpc) is 3.48.